The van der Waals surface area contributed by atoms with Gasteiger partial charge in [0.2, 0.25) is 0 Å². The van der Waals surface area contributed by atoms with Gasteiger partial charge in [0, 0.05) is 18.2 Å². The monoisotopic (exact) mass is 244 g/mol. The van der Waals surface area contributed by atoms with Crippen LogP contribution in [0.3, 0.4) is 0 Å². The summed E-state index contributed by atoms with van der Waals surface area (Å²) in [6.07, 6.45) is 1.78. The van der Waals surface area contributed by atoms with Crippen LogP contribution in [-0.2, 0) is 9.53 Å². The number of nitrogens with zero attached hydrogens (tertiary/aromatic N) is 1. The molecule has 0 saturated heterocycles. The maximum Gasteiger partial charge on any atom is 0.323 e. The molecule has 0 spiro atoms. The lowest BCUT2D eigenvalue weighted by molar-refractivity contribution is -0.141. The summed E-state index contributed by atoms with van der Waals surface area (Å²) in [7, 11) is 1.48. The minimum Gasteiger partial charge on any atom is -0.480 e. The van der Waals surface area contributed by atoms with Crippen molar-refractivity contribution in [2.75, 3.05) is 13.7 Å². The van der Waals surface area contributed by atoms with Crippen molar-refractivity contribution in [2.24, 2.45) is 0 Å². The quantitative estimate of drug-likeness (QED) is 0.786. The van der Waals surface area contributed by atoms with E-state index in [1.54, 1.807) is 17.5 Å². The molecule has 5 nitrogen and oxygen atoms in total. The fraction of sp³-hybridized carbons (Fsp3) is 0.600. The Balaban J connectivity index is 2.61. The van der Waals surface area contributed by atoms with E-state index in [9.17, 15) is 4.79 Å². The average molecular weight is 244 g/mol. The van der Waals surface area contributed by atoms with Crippen LogP contribution in [0.5, 0.6) is 0 Å². The maximum atomic E-state index is 10.9. The van der Waals surface area contributed by atoms with E-state index in [0.29, 0.717) is 0 Å². The largest absolute Gasteiger partial charge is 0.480 e. The van der Waals surface area contributed by atoms with Crippen LogP contribution in [0.25, 0.3) is 0 Å². The van der Waals surface area contributed by atoms with Crippen molar-refractivity contribution in [3.05, 3.63) is 16.1 Å². The van der Waals surface area contributed by atoms with Crippen LogP contribution < -0.4 is 5.32 Å². The summed E-state index contributed by atoms with van der Waals surface area (Å²) in [5.74, 6) is -0.915. The number of methoxy groups -OCH3 is 1. The van der Waals surface area contributed by atoms with Crippen molar-refractivity contribution in [3.63, 3.8) is 0 Å². The second kappa shape index (κ2) is 5.93. The second-order valence-corrected chi connectivity index (χ2v) is 4.81. The third-order valence-electron chi connectivity index (χ3n) is 2.09. The highest BCUT2D eigenvalue weighted by molar-refractivity contribution is 7.11. The molecule has 90 valence electrons. The van der Waals surface area contributed by atoms with Gasteiger partial charge in [-0.15, -0.1) is 11.3 Å². The number of ether oxygens (including phenoxy) is 1. The van der Waals surface area contributed by atoms with Gasteiger partial charge in [0.05, 0.1) is 12.6 Å². The number of carboxylic acids is 1. The molecule has 0 aromatic carbocycles. The number of carboxylic acid groups (broad SMARTS) is 1. The molecule has 2 atom stereocenters. The van der Waals surface area contributed by atoms with Crippen molar-refractivity contribution in [1.29, 1.82) is 0 Å². The first kappa shape index (κ1) is 13.1. The predicted molar refractivity (Wildman–Crippen MR) is 61.7 cm³/mol. The Morgan fingerprint density at radius 1 is 1.75 bits per heavy atom. The van der Waals surface area contributed by atoms with E-state index >= 15 is 0 Å². The summed E-state index contributed by atoms with van der Waals surface area (Å²) in [4.78, 5) is 16.2. The predicted octanol–water partition coefficient (Wildman–Crippen LogP) is 1.20. The standard InChI is InChI=1S/C10H16N2O3S/c1-6-4-11-9(16-6)7(2)12-8(5-15-3)10(13)14/h4,7-8,12H,5H2,1-3H3,(H,13,14). The van der Waals surface area contributed by atoms with Crippen molar-refractivity contribution in [2.45, 2.75) is 25.9 Å². The van der Waals surface area contributed by atoms with Crippen LogP contribution in [0.4, 0.5) is 0 Å². The Labute approximate surface area is 98.5 Å². The summed E-state index contributed by atoms with van der Waals surface area (Å²) < 4.78 is 4.85. The van der Waals surface area contributed by atoms with Gasteiger partial charge in [-0.2, -0.15) is 0 Å². The summed E-state index contributed by atoms with van der Waals surface area (Å²) in [6.45, 7) is 4.01. The van der Waals surface area contributed by atoms with Crippen LogP contribution in [0.1, 0.15) is 22.9 Å². The molecule has 1 rings (SSSR count). The molecule has 0 saturated carbocycles. The third-order valence-corrected chi connectivity index (χ3v) is 3.19. The van der Waals surface area contributed by atoms with Crippen LogP contribution >= 0.6 is 11.3 Å². The minimum atomic E-state index is -0.915. The number of aromatic nitrogens is 1. The normalized spacial score (nSPS) is 14.7. The van der Waals surface area contributed by atoms with Gasteiger partial charge in [0.25, 0.3) is 0 Å². The number of hydrogen-bond donors (Lipinski definition) is 2. The van der Waals surface area contributed by atoms with E-state index in [2.05, 4.69) is 10.3 Å². The lowest BCUT2D eigenvalue weighted by Gasteiger charge is -2.17. The van der Waals surface area contributed by atoms with Gasteiger partial charge in [-0.05, 0) is 13.8 Å². The Morgan fingerprint density at radius 2 is 2.44 bits per heavy atom. The minimum absolute atomic E-state index is 0.0880. The summed E-state index contributed by atoms with van der Waals surface area (Å²) in [6, 6.07) is -0.792. The van der Waals surface area contributed by atoms with Crippen molar-refractivity contribution in [3.8, 4) is 0 Å². The summed E-state index contributed by atoms with van der Waals surface area (Å²) in [5, 5.41) is 12.8. The molecule has 2 unspecified atom stereocenters. The average Bonchev–Trinajstić information content (AvgIpc) is 2.64. The Hall–Kier alpha value is -0.980. The van der Waals surface area contributed by atoms with E-state index in [-0.39, 0.29) is 12.6 Å². The molecule has 0 radical (unpaired) electrons. The van der Waals surface area contributed by atoms with Crippen LogP contribution in [0, 0.1) is 6.92 Å². The summed E-state index contributed by atoms with van der Waals surface area (Å²) >= 11 is 1.56. The fourth-order valence-electron chi connectivity index (χ4n) is 1.30. The smallest absolute Gasteiger partial charge is 0.323 e. The molecule has 1 heterocycles. The molecule has 1 aromatic heterocycles. The molecule has 1 aromatic rings. The molecule has 16 heavy (non-hydrogen) atoms. The maximum absolute atomic E-state index is 10.9. The fourth-order valence-corrected chi connectivity index (χ4v) is 2.09. The van der Waals surface area contributed by atoms with E-state index in [4.69, 9.17) is 9.84 Å². The van der Waals surface area contributed by atoms with Crippen molar-refractivity contribution >= 4 is 17.3 Å². The number of aryl methyl sites for hydroxylation is 1. The zero-order valence-corrected chi connectivity index (χ0v) is 10.4. The molecule has 0 aliphatic rings. The number of rotatable bonds is 6. The van der Waals surface area contributed by atoms with Gasteiger partial charge >= 0.3 is 5.97 Å². The summed E-state index contributed by atoms with van der Waals surface area (Å²) in [5.41, 5.74) is 0. The number of aliphatic carboxylic acids is 1. The molecule has 2 N–H and O–H groups in total. The molecule has 6 heteroatoms. The topological polar surface area (TPSA) is 71.5 Å². The molecule has 0 aliphatic heterocycles. The third kappa shape index (κ3) is 3.55. The van der Waals surface area contributed by atoms with Gasteiger partial charge in [-0.25, -0.2) is 4.98 Å². The zero-order valence-electron chi connectivity index (χ0n) is 9.56. The first-order valence-corrected chi connectivity index (χ1v) is 5.76. The second-order valence-electron chi connectivity index (χ2n) is 3.54. The lowest BCUT2D eigenvalue weighted by atomic mass is 10.2. The van der Waals surface area contributed by atoms with Crippen molar-refractivity contribution < 1.29 is 14.6 Å². The Morgan fingerprint density at radius 3 is 2.88 bits per heavy atom. The van der Waals surface area contributed by atoms with Crippen LogP contribution in [-0.4, -0.2) is 35.8 Å². The number of carbonyl (C=O) groups is 1. The van der Waals surface area contributed by atoms with E-state index < -0.39 is 12.0 Å². The molecular weight excluding hydrogens is 228 g/mol. The highest BCUT2D eigenvalue weighted by Crippen LogP contribution is 2.19. The lowest BCUT2D eigenvalue weighted by Crippen LogP contribution is -2.41. The van der Waals surface area contributed by atoms with E-state index in [0.717, 1.165) is 9.88 Å². The number of nitrogens with one attached hydrogen (secondary N) is 1. The SMILES string of the molecule is COCC(NC(C)c1ncc(C)s1)C(=O)O. The van der Waals surface area contributed by atoms with E-state index in [1.807, 2.05) is 13.8 Å². The molecule has 0 bridgehead atoms. The van der Waals surface area contributed by atoms with E-state index in [1.165, 1.54) is 7.11 Å². The molecular formula is C10H16N2O3S. The van der Waals surface area contributed by atoms with Gasteiger partial charge < -0.3 is 9.84 Å². The number of hydrogen-bond acceptors (Lipinski definition) is 5. The van der Waals surface area contributed by atoms with Crippen LogP contribution in [0.2, 0.25) is 0 Å². The molecule has 0 aliphatic carbocycles. The first-order valence-electron chi connectivity index (χ1n) is 4.94. The highest BCUT2D eigenvalue weighted by atomic mass is 32.1. The molecule has 0 fully saturated rings. The van der Waals surface area contributed by atoms with Gasteiger partial charge in [0.15, 0.2) is 0 Å². The first-order chi connectivity index (χ1) is 7.54. The van der Waals surface area contributed by atoms with Crippen LogP contribution in [0.15, 0.2) is 6.20 Å². The van der Waals surface area contributed by atoms with Crippen molar-refractivity contribution in [1.82, 2.24) is 10.3 Å². The Kier molecular flexibility index (Phi) is 4.85. The zero-order chi connectivity index (χ0) is 12.1. The van der Waals surface area contributed by atoms with Gasteiger partial charge in [-0.1, -0.05) is 0 Å². The van der Waals surface area contributed by atoms with Gasteiger partial charge in [-0.3, -0.25) is 10.1 Å². The van der Waals surface area contributed by atoms with Gasteiger partial charge in [0.1, 0.15) is 11.0 Å². The molecule has 0 amide bonds. The highest BCUT2D eigenvalue weighted by Gasteiger charge is 2.21. The Bertz CT molecular complexity index is 354. The number of thiazole rings is 1.